The van der Waals surface area contributed by atoms with Crippen LogP contribution in [-0.4, -0.2) is 27.5 Å². The highest BCUT2D eigenvalue weighted by atomic mass is 35.5. The summed E-state index contributed by atoms with van der Waals surface area (Å²) in [7, 11) is 0. The highest BCUT2D eigenvalue weighted by Crippen LogP contribution is 2.33. The minimum Gasteiger partial charge on any atom is -0.339 e. The number of benzene rings is 1. The first-order valence-corrected chi connectivity index (χ1v) is 10.4. The summed E-state index contributed by atoms with van der Waals surface area (Å²) in [5.74, 6) is 1.31. The van der Waals surface area contributed by atoms with Crippen LogP contribution in [-0.2, 0) is 11.2 Å². The number of amides is 1. The maximum atomic E-state index is 12.6. The van der Waals surface area contributed by atoms with Crippen LogP contribution in [0.5, 0.6) is 0 Å². The molecule has 140 valence electrons. The van der Waals surface area contributed by atoms with Gasteiger partial charge in [0.05, 0.1) is 6.04 Å². The quantitative estimate of drug-likeness (QED) is 0.573. The Labute approximate surface area is 167 Å². The fraction of sp³-hybridized carbons (Fsp3) is 0.350. The molecule has 1 unspecified atom stereocenters. The van der Waals surface area contributed by atoms with Gasteiger partial charge in [-0.25, -0.2) is 0 Å². The molecule has 1 aliphatic heterocycles. The van der Waals surface area contributed by atoms with Crippen molar-refractivity contribution in [2.24, 2.45) is 0 Å². The van der Waals surface area contributed by atoms with E-state index in [9.17, 15) is 4.79 Å². The molecule has 1 atom stereocenters. The first-order valence-electron chi connectivity index (χ1n) is 9.11. The van der Waals surface area contributed by atoms with Gasteiger partial charge in [0.2, 0.25) is 17.6 Å². The minimum absolute atomic E-state index is 0.209. The summed E-state index contributed by atoms with van der Waals surface area (Å²) in [4.78, 5) is 19.1. The molecule has 2 aromatic heterocycles. The Morgan fingerprint density at radius 1 is 1.30 bits per heavy atom. The summed E-state index contributed by atoms with van der Waals surface area (Å²) in [6.07, 6.45) is 3.92. The summed E-state index contributed by atoms with van der Waals surface area (Å²) in [6, 6.07) is 9.68. The number of aromatic nitrogens is 2. The van der Waals surface area contributed by atoms with Crippen LogP contribution < -0.4 is 0 Å². The molecule has 3 heterocycles. The van der Waals surface area contributed by atoms with Gasteiger partial charge in [0.1, 0.15) is 0 Å². The fourth-order valence-electron chi connectivity index (χ4n) is 3.48. The number of hydrogen-bond acceptors (Lipinski definition) is 5. The summed E-state index contributed by atoms with van der Waals surface area (Å²) < 4.78 is 5.32. The SMILES string of the molecule is O=C(CCCc1nc(-c2ccc(Cl)cc2)no1)N1CCCC1c1ccsc1. The van der Waals surface area contributed by atoms with Gasteiger partial charge in [0, 0.05) is 30.0 Å². The lowest BCUT2D eigenvalue weighted by atomic mass is 10.1. The van der Waals surface area contributed by atoms with Crippen LogP contribution in [0.25, 0.3) is 11.4 Å². The Balaban J connectivity index is 1.31. The van der Waals surface area contributed by atoms with E-state index in [4.69, 9.17) is 16.1 Å². The molecule has 0 aliphatic carbocycles. The van der Waals surface area contributed by atoms with Crippen molar-refractivity contribution in [3.05, 3.63) is 57.6 Å². The zero-order valence-electron chi connectivity index (χ0n) is 14.8. The van der Waals surface area contributed by atoms with Crippen molar-refractivity contribution in [1.82, 2.24) is 15.0 Å². The molecule has 1 aromatic carbocycles. The summed E-state index contributed by atoms with van der Waals surface area (Å²) >= 11 is 7.58. The van der Waals surface area contributed by atoms with Crippen molar-refractivity contribution in [2.45, 2.75) is 38.1 Å². The van der Waals surface area contributed by atoms with Crippen molar-refractivity contribution in [3.8, 4) is 11.4 Å². The molecule has 0 spiro atoms. The molecule has 1 aliphatic rings. The van der Waals surface area contributed by atoms with Crippen molar-refractivity contribution < 1.29 is 9.32 Å². The first kappa shape index (κ1) is 18.2. The Kier molecular flexibility index (Phi) is 5.55. The molecule has 7 heteroatoms. The Hall–Kier alpha value is -2.18. The second-order valence-electron chi connectivity index (χ2n) is 6.67. The van der Waals surface area contributed by atoms with Gasteiger partial charge in [-0.15, -0.1) is 0 Å². The van der Waals surface area contributed by atoms with Crippen molar-refractivity contribution in [3.63, 3.8) is 0 Å². The molecule has 4 rings (SSSR count). The average molecular weight is 402 g/mol. The molecule has 0 N–H and O–H groups in total. The lowest BCUT2D eigenvalue weighted by Gasteiger charge is -2.24. The molecule has 0 radical (unpaired) electrons. The van der Waals surface area contributed by atoms with E-state index < -0.39 is 0 Å². The number of aryl methyl sites for hydroxylation is 1. The van der Waals surface area contributed by atoms with E-state index in [1.807, 2.05) is 17.0 Å². The second kappa shape index (κ2) is 8.23. The number of halogens is 1. The maximum Gasteiger partial charge on any atom is 0.226 e. The molecule has 3 aromatic rings. The largest absolute Gasteiger partial charge is 0.339 e. The predicted molar refractivity (Wildman–Crippen MR) is 106 cm³/mol. The highest BCUT2D eigenvalue weighted by molar-refractivity contribution is 7.08. The lowest BCUT2D eigenvalue weighted by molar-refractivity contribution is -0.132. The summed E-state index contributed by atoms with van der Waals surface area (Å²) in [5, 5.41) is 8.90. The number of thiophene rings is 1. The third kappa shape index (κ3) is 4.22. The van der Waals surface area contributed by atoms with E-state index in [2.05, 4.69) is 27.0 Å². The molecule has 1 saturated heterocycles. The van der Waals surface area contributed by atoms with Gasteiger partial charge in [-0.2, -0.15) is 16.3 Å². The normalized spacial score (nSPS) is 16.8. The average Bonchev–Trinajstić information content (AvgIpc) is 3.42. The highest BCUT2D eigenvalue weighted by Gasteiger charge is 2.29. The van der Waals surface area contributed by atoms with Crippen LogP contribution in [0.4, 0.5) is 0 Å². The molecule has 0 saturated carbocycles. The molecular weight excluding hydrogens is 382 g/mol. The third-order valence-electron chi connectivity index (χ3n) is 4.85. The summed E-state index contributed by atoms with van der Waals surface area (Å²) in [5.41, 5.74) is 2.12. The zero-order valence-corrected chi connectivity index (χ0v) is 16.4. The summed E-state index contributed by atoms with van der Waals surface area (Å²) in [6.45, 7) is 0.848. The fourth-order valence-corrected chi connectivity index (χ4v) is 4.32. The molecular formula is C20H20ClN3O2S. The van der Waals surface area contributed by atoms with E-state index in [0.29, 0.717) is 36.0 Å². The van der Waals surface area contributed by atoms with Crippen LogP contribution in [0.2, 0.25) is 5.02 Å². The van der Waals surface area contributed by atoms with Crippen molar-refractivity contribution >= 4 is 28.8 Å². The number of hydrogen-bond donors (Lipinski definition) is 0. The molecule has 27 heavy (non-hydrogen) atoms. The second-order valence-corrected chi connectivity index (χ2v) is 7.89. The van der Waals surface area contributed by atoms with Gasteiger partial charge in [0.25, 0.3) is 0 Å². The van der Waals surface area contributed by atoms with Gasteiger partial charge in [-0.1, -0.05) is 16.8 Å². The first-order chi connectivity index (χ1) is 13.2. The standard InChI is InChI=1S/C20H20ClN3O2S/c21-16-8-6-14(7-9-16)20-22-18(26-23-20)4-1-5-19(25)24-11-2-3-17(24)15-10-12-27-13-15/h6-10,12-13,17H,1-5,11H2. The maximum absolute atomic E-state index is 12.6. The van der Waals surface area contributed by atoms with E-state index in [0.717, 1.165) is 24.9 Å². The number of carbonyl (C=O) groups is 1. The number of carbonyl (C=O) groups excluding carboxylic acids is 1. The topological polar surface area (TPSA) is 59.2 Å². The number of rotatable bonds is 6. The number of nitrogens with zero attached hydrogens (tertiary/aromatic N) is 3. The van der Waals surface area contributed by atoms with Crippen LogP contribution >= 0.6 is 22.9 Å². The van der Waals surface area contributed by atoms with Crippen LogP contribution in [0.1, 0.15) is 43.2 Å². The molecule has 1 fully saturated rings. The van der Waals surface area contributed by atoms with E-state index >= 15 is 0 Å². The Morgan fingerprint density at radius 3 is 2.93 bits per heavy atom. The van der Waals surface area contributed by atoms with E-state index in [-0.39, 0.29) is 11.9 Å². The van der Waals surface area contributed by atoms with Crippen LogP contribution in [0.3, 0.4) is 0 Å². The monoisotopic (exact) mass is 401 g/mol. The van der Waals surface area contributed by atoms with Crippen molar-refractivity contribution in [2.75, 3.05) is 6.54 Å². The molecule has 5 nitrogen and oxygen atoms in total. The van der Waals surface area contributed by atoms with Gasteiger partial charge >= 0.3 is 0 Å². The van der Waals surface area contributed by atoms with Gasteiger partial charge in [-0.3, -0.25) is 4.79 Å². The van der Waals surface area contributed by atoms with Gasteiger partial charge < -0.3 is 9.42 Å². The lowest BCUT2D eigenvalue weighted by Crippen LogP contribution is -2.30. The molecule has 0 bridgehead atoms. The van der Waals surface area contributed by atoms with E-state index in [1.165, 1.54) is 5.56 Å². The van der Waals surface area contributed by atoms with Gasteiger partial charge in [-0.05, 0) is 65.9 Å². The smallest absolute Gasteiger partial charge is 0.226 e. The number of likely N-dealkylation sites (tertiary alicyclic amines) is 1. The zero-order chi connectivity index (χ0) is 18.6. The van der Waals surface area contributed by atoms with Crippen LogP contribution in [0.15, 0.2) is 45.6 Å². The Bertz CT molecular complexity index is 892. The van der Waals surface area contributed by atoms with Gasteiger partial charge in [0.15, 0.2) is 0 Å². The Morgan fingerprint density at radius 2 is 2.15 bits per heavy atom. The minimum atomic E-state index is 0.209. The van der Waals surface area contributed by atoms with Crippen molar-refractivity contribution in [1.29, 1.82) is 0 Å². The third-order valence-corrected chi connectivity index (χ3v) is 5.81. The van der Waals surface area contributed by atoms with Crippen LogP contribution in [0, 0.1) is 0 Å². The van der Waals surface area contributed by atoms with E-state index in [1.54, 1.807) is 23.5 Å². The molecule has 1 amide bonds. The predicted octanol–water partition coefficient (Wildman–Crippen LogP) is 5.14.